The molecule has 0 atom stereocenters. The fraction of sp³-hybridized carbons (Fsp3) is 0.167. The van der Waals surface area contributed by atoms with E-state index < -0.39 is 11.7 Å². The Morgan fingerprint density at radius 1 is 1.44 bits per heavy atom. The molecule has 16 heavy (non-hydrogen) atoms. The van der Waals surface area contributed by atoms with Gasteiger partial charge in [-0.15, -0.1) is 0 Å². The minimum absolute atomic E-state index is 0.117. The van der Waals surface area contributed by atoms with Gasteiger partial charge in [0.25, 0.3) is 0 Å². The monoisotopic (exact) mass is 219 g/mol. The van der Waals surface area contributed by atoms with Crippen molar-refractivity contribution in [3.05, 3.63) is 35.1 Å². The molecule has 0 saturated heterocycles. The van der Waals surface area contributed by atoms with E-state index in [2.05, 4.69) is 11.8 Å². The van der Waals surface area contributed by atoms with Crippen LogP contribution in [0.4, 0.5) is 4.39 Å². The van der Waals surface area contributed by atoms with Crippen LogP contribution in [0.5, 0.6) is 0 Å². The molecule has 82 valence electrons. The Morgan fingerprint density at radius 3 is 2.69 bits per heavy atom. The zero-order valence-electron chi connectivity index (χ0n) is 8.71. The number of hydrogen-bond acceptors (Lipinski definition) is 2. The van der Waals surface area contributed by atoms with Crippen molar-refractivity contribution in [3.63, 3.8) is 0 Å². The maximum absolute atomic E-state index is 12.9. The van der Waals surface area contributed by atoms with Crippen LogP contribution in [-0.4, -0.2) is 11.7 Å². The molecule has 0 fully saturated rings. The third-order valence-electron chi connectivity index (χ3n) is 1.85. The standard InChI is InChI=1S/C12H10FNO2/c1-8(15)11-6-5-10(13)7-9(11)3-2-4-12(14)16/h5-7H,4H2,1H3,(H2,14,16). The van der Waals surface area contributed by atoms with Crippen molar-refractivity contribution in [3.8, 4) is 11.8 Å². The molecule has 0 heterocycles. The molecule has 0 aliphatic carbocycles. The molecule has 1 amide bonds. The van der Waals surface area contributed by atoms with Crippen LogP contribution in [0.1, 0.15) is 29.3 Å². The summed E-state index contributed by atoms with van der Waals surface area (Å²) < 4.78 is 12.9. The first-order valence-corrected chi connectivity index (χ1v) is 4.58. The van der Waals surface area contributed by atoms with Crippen LogP contribution in [0.2, 0.25) is 0 Å². The highest BCUT2D eigenvalue weighted by Gasteiger charge is 2.06. The Bertz CT molecular complexity index is 497. The van der Waals surface area contributed by atoms with Crippen molar-refractivity contribution in [2.75, 3.05) is 0 Å². The first-order valence-electron chi connectivity index (χ1n) is 4.58. The predicted octanol–water partition coefficient (Wildman–Crippen LogP) is 1.26. The topological polar surface area (TPSA) is 60.2 Å². The highest BCUT2D eigenvalue weighted by Crippen LogP contribution is 2.10. The van der Waals surface area contributed by atoms with Crippen LogP contribution >= 0.6 is 0 Å². The molecular weight excluding hydrogens is 209 g/mol. The molecule has 0 aliphatic heterocycles. The SMILES string of the molecule is CC(=O)c1ccc(F)cc1C#CCC(N)=O. The number of nitrogens with two attached hydrogens (primary N) is 1. The Morgan fingerprint density at radius 2 is 2.12 bits per heavy atom. The molecule has 3 nitrogen and oxygen atoms in total. The summed E-state index contributed by atoms with van der Waals surface area (Å²) in [7, 11) is 0. The molecule has 0 aliphatic rings. The Hall–Kier alpha value is -2.15. The van der Waals surface area contributed by atoms with Gasteiger partial charge in [0.1, 0.15) is 5.82 Å². The van der Waals surface area contributed by atoms with Crippen molar-refractivity contribution in [2.45, 2.75) is 13.3 Å². The molecule has 4 heteroatoms. The van der Waals surface area contributed by atoms with Gasteiger partial charge < -0.3 is 5.73 Å². The molecule has 1 aromatic rings. The summed E-state index contributed by atoms with van der Waals surface area (Å²) in [6.45, 7) is 1.37. The maximum Gasteiger partial charge on any atom is 0.229 e. The lowest BCUT2D eigenvalue weighted by molar-refractivity contribution is -0.117. The average Bonchev–Trinajstić information content (AvgIpc) is 2.16. The minimum atomic E-state index is -0.562. The van der Waals surface area contributed by atoms with Gasteiger partial charge >= 0.3 is 0 Å². The number of halogens is 1. The number of hydrogen-bond donors (Lipinski definition) is 1. The Kier molecular flexibility index (Phi) is 3.78. The van der Waals surface area contributed by atoms with Crippen LogP contribution in [0, 0.1) is 17.7 Å². The molecule has 0 aromatic heterocycles. The van der Waals surface area contributed by atoms with Crippen molar-refractivity contribution < 1.29 is 14.0 Å². The van der Waals surface area contributed by atoms with E-state index in [0.717, 1.165) is 6.07 Å². The summed E-state index contributed by atoms with van der Waals surface area (Å²) in [5.74, 6) is 3.79. The zero-order chi connectivity index (χ0) is 12.1. The summed E-state index contributed by atoms with van der Waals surface area (Å²) in [5.41, 5.74) is 5.51. The largest absolute Gasteiger partial charge is 0.369 e. The van der Waals surface area contributed by atoms with Crippen molar-refractivity contribution in [2.24, 2.45) is 5.73 Å². The van der Waals surface area contributed by atoms with E-state index in [4.69, 9.17) is 5.73 Å². The summed E-state index contributed by atoms with van der Waals surface area (Å²) in [5, 5.41) is 0. The fourth-order valence-corrected chi connectivity index (χ4v) is 1.15. The van der Waals surface area contributed by atoms with Gasteiger partial charge in [-0.1, -0.05) is 11.8 Å². The second kappa shape index (κ2) is 5.08. The Balaban J connectivity index is 3.08. The number of amides is 1. The third-order valence-corrected chi connectivity index (χ3v) is 1.85. The summed E-state index contributed by atoms with van der Waals surface area (Å²) in [6, 6.07) is 3.71. The molecule has 0 unspecified atom stereocenters. The number of Topliss-reactive ketones (excluding diaryl/α,β-unsaturated/α-hetero) is 1. The second-order valence-corrected chi connectivity index (χ2v) is 3.19. The molecule has 0 radical (unpaired) electrons. The number of carbonyl (C=O) groups is 2. The number of carbonyl (C=O) groups excluding carboxylic acids is 2. The number of rotatable bonds is 2. The summed E-state index contributed by atoms with van der Waals surface area (Å²) in [6.07, 6.45) is -0.117. The summed E-state index contributed by atoms with van der Waals surface area (Å²) in [4.78, 5) is 21.6. The fourth-order valence-electron chi connectivity index (χ4n) is 1.15. The van der Waals surface area contributed by atoms with Crippen molar-refractivity contribution >= 4 is 11.7 Å². The van der Waals surface area contributed by atoms with E-state index in [1.807, 2.05) is 0 Å². The first kappa shape index (κ1) is 11.9. The molecule has 0 spiro atoms. The van der Waals surface area contributed by atoms with Gasteiger partial charge in [-0.25, -0.2) is 4.39 Å². The molecule has 1 rings (SSSR count). The molecule has 0 saturated carbocycles. The zero-order valence-corrected chi connectivity index (χ0v) is 8.71. The number of benzene rings is 1. The lowest BCUT2D eigenvalue weighted by Gasteiger charge is -1.99. The van der Waals surface area contributed by atoms with E-state index in [1.165, 1.54) is 19.1 Å². The molecule has 1 aromatic carbocycles. The van der Waals surface area contributed by atoms with Gasteiger partial charge in [0, 0.05) is 11.1 Å². The van der Waals surface area contributed by atoms with Gasteiger partial charge in [0.2, 0.25) is 5.91 Å². The maximum atomic E-state index is 12.9. The molecule has 2 N–H and O–H groups in total. The first-order chi connectivity index (χ1) is 7.50. The van der Waals surface area contributed by atoms with Gasteiger partial charge in [-0.2, -0.15) is 0 Å². The normalized spacial score (nSPS) is 9.12. The van der Waals surface area contributed by atoms with Crippen molar-refractivity contribution in [1.29, 1.82) is 0 Å². The van der Waals surface area contributed by atoms with Gasteiger partial charge in [-0.3, -0.25) is 9.59 Å². The van der Waals surface area contributed by atoms with E-state index in [9.17, 15) is 14.0 Å². The van der Waals surface area contributed by atoms with Crippen LogP contribution in [0.25, 0.3) is 0 Å². The van der Waals surface area contributed by atoms with Crippen LogP contribution < -0.4 is 5.73 Å². The lowest BCUT2D eigenvalue weighted by atomic mass is 10.0. The van der Waals surface area contributed by atoms with Gasteiger partial charge in [-0.05, 0) is 25.1 Å². The van der Waals surface area contributed by atoms with Gasteiger partial charge in [0.15, 0.2) is 5.78 Å². The van der Waals surface area contributed by atoms with E-state index in [-0.39, 0.29) is 17.8 Å². The minimum Gasteiger partial charge on any atom is -0.369 e. The third kappa shape index (κ3) is 3.21. The van der Waals surface area contributed by atoms with E-state index >= 15 is 0 Å². The predicted molar refractivity (Wildman–Crippen MR) is 57.1 cm³/mol. The molecule has 0 bridgehead atoms. The smallest absolute Gasteiger partial charge is 0.229 e. The molecular formula is C12H10FNO2. The Labute approximate surface area is 92.4 Å². The quantitative estimate of drug-likeness (QED) is 0.601. The number of primary amides is 1. The van der Waals surface area contributed by atoms with E-state index in [0.29, 0.717) is 5.56 Å². The number of ketones is 1. The second-order valence-electron chi connectivity index (χ2n) is 3.19. The van der Waals surface area contributed by atoms with Crippen molar-refractivity contribution in [1.82, 2.24) is 0 Å². The summed E-state index contributed by atoms with van der Waals surface area (Å²) >= 11 is 0. The lowest BCUT2D eigenvalue weighted by Crippen LogP contribution is -2.08. The van der Waals surface area contributed by atoms with Crippen LogP contribution in [0.3, 0.4) is 0 Å². The van der Waals surface area contributed by atoms with Crippen LogP contribution in [0.15, 0.2) is 18.2 Å². The van der Waals surface area contributed by atoms with Gasteiger partial charge in [0.05, 0.1) is 6.42 Å². The highest BCUT2D eigenvalue weighted by molar-refractivity contribution is 5.96. The highest BCUT2D eigenvalue weighted by atomic mass is 19.1. The van der Waals surface area contributed by atoms with Crippen LogP contribution in [-0.2, 0) is 4.79 Å². The average molecular weight is 219 g/mol. The van der Waals surface area contributed by atoms with E-state index in [1.54, 1.807) is 0 Å².